The average Bonchev–Trinajstić information content (AvgIpc) is 2.86. The minimum atomic E-state index is 0.574. The molecule has 0 bridgehead atoms. The summed E-state index contributed by atoms with van der Waals surface area (Å²) in [4.78, 5) is 11.8. The van der Waals surface area contributed by atoms with Crippen LogP contribution < -0.4 is 10.1 Å². The second kappa shape index (κ2) is 8.63. The molecule has 35 heavy (non-hydrogen) atoms. The van der Waals surface area contributed by atoms with Crippen LogP contribution in [0.15, 0.2) is 60.9 Å². The van der Waals surface area contributed by atoms with E-state index < -0.39 is 0 Å². The topological polar surface area (TPSA) is 50.3 Å². The number of para-hydroxylation sites is 1. The van der Waals surface area contributed by atoms with E-state index in [4.69, 9.17) is 4.74 Å². The first-order valence-corrected chi connectivity index (χ1v) is 13.4. The van der Waals surface area contributed by atoms with Crippen molar-refractivity contribution < 1.29 is 4.74 Å². The third kappa shape index (κ3) is 3.90. The number of hydrogen-bond donors (Lipinski definition) is 1. The molecule has 1 N–H and O–H groups in total. The molecule has 3 aliphatic carbocycles. The smallest absolute Gasteiger partial charge is 0.132 e. The molecule has 0 radical (unpaired) electrons. The number of nitrogens with one attached hydrogen (secondary N) is 1. The molecule has 3 aromatic rings. The summed E-state index contributed by atoms with van der Waals surface area (Å²) in [5.74, 6) is 5.88. The Kier molecular flexibility index (Phi) is 5.27. The van der Waals surface area contributed by atoms with Gasteiger partial charge >= 0.3 is 0 Å². The van der Waals surface area contributed by atoms with Crippen LogP contribution in [0.4, 0.5) is 5.82 Å². The Hall–Kier alpha value is -2.92. The van der Waals surface area contributed by atoms with Gasteiger partial charge in [0.25, 0.3) is 0 Å². The van der Waals surface area contributed by atoms with Crippen LogP contribution in [0.1, 0.15) is 48.9 Å². The van der Waals surface area contributed by atoms with E-state index in [-0.39, 0.29) is 0 Å². The van der Waals surface area contributed by atoms with Crippen molar-refractivity contribution in [2.75, 3.05) is 18.4 Å². The van der Waals surface area contributed by atoms with Gasteiger partial charge in [0, 0.05) is 31.7 Å². The van der Waals surface area contributed by atoms with Crippen molar-refractivity contribution in [2.24, 2.45) is 23.2 Å². The maximum Gasteiger partial charge on any atom is 0.132 e. The molecule has 0 amide bonds. The van der Waals surface area contributed by atoms with Gasteiger partial charge in [-0.25, -0.2) is 9.97 Å². The van der Waals surface area contributed by atoms with Crippen LogP contribution in [-0.2, 0) is 19.5 Å². The normalized spacial score (nSPS) is 28.7. The van der Waals surface area contributed by atoms with Crippen LogP contribution in [0.5, 0.6) is 11.5 Å². The maximum atomic E-state index is 5.94. The Labute approximate surface area is 207 Å². The van der Waals surface area contributed by atoms with E-state index in [1.54, 1.807) is 6.33 Å². The monoisotopic (exact) mass is 466 g/mol. The number of fused-ring (bicyclic) bond motifs is 1. The van der Waals surface area contributed by atoms with Gasteiger partial charge in [-0.15, -0.1) is 0 Å². The van der Waals surface area contributed by atoms with Gasteiger partial charge in [0.1, 0.15) is 23.6 Å². The third-order valence-corrected chi connectivity index (χ3v) is 9.21. The molecule has 7 rings (SSSR count). The van der Waals surface area contributed by atoms with Gasteiger partial charge in [0.2, 0.25) is 0 Å². The van der Waals surface area contributed by atoms with Gasteiger partial charge in [0.05, 0.1) is 5.69 Å². The number of rotatable bonds is 7. The van der Waals surface area contributed by atoms with Crippen LogP contribution in [0.2, 0.25) is 0 Å². The molecule has 4 aliphatic rings. The largest absolute Gasteiger partial charge is 0.457 e. The molecule has 5 nitrogen and oxygen atoms in total. The Morgan fingerprint density at radius 1 is 0.943 bits per heavy atom. The van der Waals surface area contributed by atoms with Gasteiger partial charge in [-0.2, -0.15) is 0 Å². The number of anilines is 1. The van der Waals surface area contributed by atoms with E-state index in [0.29, 0.717) is 5.41 Å². The summed E-state index contributed by atoms with van der Waals surface area (Å²) in [6, 6.07) is 18.4. The zero-order valence-corrected chi connectivity index (χ0v) is 20.3. The fraction of sp³-hybridized carbons (Fsp3) is 0.467. The van der Waals surface area contributed by atoms with Crippen LogP contribution in [0.3, 0.4) is 0 Å². The molecule has 2 atom stereocenters. The van der Waals surface area contributed by atoms with Gasteiger partial charge in [-0.05, 0) is 72.3 Å². The SMILES string of the molecule is c1ccc(Oc2ccc(CN3CCc4c(ncnc4NCC45CC6CCCC(C4)C65)C3)cc2)cc1. The predicted molar refractivity (Wildman–Crippen MR) is 137 cm³/mol. The van der Waals surface area contributed by atoms with Crippen LogP contribution in [-0.4, -0.2) is 28.0 Å². The van der Waals surface area contributed by atoms with E-state index >= 15 is 0 Å². The highest BCUT2D eigenvalue weighted by atomic mass is 16.5. The predicted octanol–water partition coefficient (Wildman–Crippen LogP) is 6.07. The van der Waals surface area contributed by atoms with E-state index in [0.717, 1.165) is 67.7 Å². The van der Waals surface area contributed by atoms with Crippen molar-refractivity contribution >= 4 is 5.82 Å². The number of nitrogens with zero attached hydrogens (tertiary/aromatic N) is 3. The first-order chi connectivity index (χ1) is 17.3. The molecule has 5 heteroatoms. The van der Waals surface area contributed by atoms with Crippen LogP contribution in [0, 0.1) is 23.2 Å². The highest BCUT2D eigenvalue weighted by Gasteiger charge is 2.65. The summed E-state index contributed by atoms with van der Waals surface area (Å²) in [7, 11) is 0. The summed E-state index contributed by atoms with van der Waals surface area (Å²) >= 11 is 0. The van der Waals surface area contributed by atoms with Gasteiger partial charge < -0.3 is 10.1 Å². The quantitative estimate of drug-likeness (QED) is 0.458. The Morgan fingerprint density at radius 3 is 2.51 bits per heavy atom. The number of hydrogen-bond acceptors (Lipinski definition) is 5. The lowest BCUT2D eigenvalue weighted by Gasteiger charge is -2.70. The average molecular weight is 467 g/mol. The number of benzene rings is 2. The summed E-state index contributed by atoms with van der Waals surface area (Å²) in [6.45, 7) is 3.95. The highest BCUT2D eigenvalue weighted by molar-refractivity contribution is 5.47. The summed E-state index contributed by atoms with van der Waals surface area (Å²) in [5.41, 5.74) is 4.39. The lowest BCUT2D eigenvalue weighted by Crippen LogP contribution is -2.65. The van der Waals surface area contributed by atoms with E-state index in [2.05, 4.69) is 44.5 Å². The molecular formula is C30H34N4O. The lowest BCUT2D eigenvalue weighted by atomic mass is 9.35. The maximum absolute atomic E-state index is 5.94. The van der Waals surface area contributed by atoms with Gasteiger partial charge in [-0.3, -0.25) is 4.90 Å². The molecule has 180 valence electrons. The van der Waals surface area contributed by atoms with Crippen molar-refractivity contribution in [1.82, 2.24) is 14.9 Å². The highest BCUT2D eigenvalue weighted by Crippen LogP contribution is 2.71. The second-order valence-electron chi connectivity index (χ2n) is 11.3. The third-order valence-electron chi connectivity index (χ3n) is 9.21. The van der Waals surface area contributed by atoms with Crippen molar-refractivity contribution in [2.45, 2.75) is 51.6 Å². The molecule has 3 saturated carbocycles. The molecule has 2 aromatic carbocycles. The summed E-state index contributed by atoms with van der Waals surface area (Å²) < 4.78 is 5.94. The lowest BCUT2D eigenvalue weighted by molar-refractivity contribution is -0.198. The van der Waals surface area contributed by atoms with E-state index in [9.17, 15) is 0 Å². The van der Waals surface area contributed by atoms with Crippen molar-refractivity contribution in [3.63, 3.8) is 0 Å². The molecule has 0 saturated heterocycles. The van der Waals surface area contributed by atoms with Crippen molar-refractivity contribution in [3.05, 3.63) is 77.7 Å². The van der Waals surface area contributed by atoms with E-state index in [1.165, 1.54) is 48.9 Å². The Morgan fingerprint density at radius 2 is 1.71 bits per heavy atom. The zero-order chi connectivity index (χ0) is 23.2. The molecule has 2 unspecified atom stereocenters. The second-order valence-corrected chi connectivity index (χ2v) is 11.3. The minimum absolute atomic E-state index is 0.574. The van der Waals surface area contributed by atoms with E-state index in [1.807, 2.05) is 30.3 Å². The van der Waals surface area contributed by atoms with Gasteiger partial charge in [0.15, 0.2) is 0 Å². The molecule has 3 fully saturated rings. The Bertz CT molecular complexity index is 1180. The van der Waals surface area contributed by atoms with Crippen LogP contribution in [0.25, 0.3) is 0 Å². The molecule has 2 heterocycles. The molecule has 0 spiro atoms. The first kappa shape index (κ1) is 21.4. The first-order valence-electron chi connectivity index (χ1n) is 13.4. The molecular weight excluding hydrogens is 432 g/mol. The zero-order valence-electron chi connectivity index (χ0n) is 20.3. The summed E-state index contributed by atoms with van der Waals surface area (Å²) in [5, 5.41) is 3.79. The fourth-order valence-electron chi connectivity index (χ4n) is 7.69. The fourth-order valence-corrected chi connectivity index (χ4v) is 7.69. The minimum Gasteiger partial charge on any atom is -0.457 e. The van der Waals surface area contributed by atoms with Gasteiger partial charge in [-0.1, -0.05) is 49.6 Å². The standard InChI is InChI=1S/C30H34N4O/c1-2-7-24(8-3-1)35-25-11-9-21(10-12-25)17-34-14-13-26-27(18-34)32-20-33-29(26)31-19-30-15-22-5-4-6-23(16-30)28(22)30/h1-3,7-12,20,22-23,28H,4-6,13-19H2,(H,31,32,33). The summed E-state index contributed by atoms with van der Waals surface area (Å²) in [6.07, 6.45) is 10.1. The molecule has 1 aliphatic heterocycles. The molecule has 1 aromatic heterocycles. The number of ether oxygens (including phenoxy) is 1. The Balaban J connectivity index is 0.968. The van der Waals surface area contributed by atoms with Crippen molar-refractivity contribution in [1.29, 1.82) is 0 Å². The van der Waals surface area contributed by atoms with Crippen molar-refractivity contribution in [3.8, 4) is 11.5 Å². The number of aromatic nitrogens is 2. The van der Waals surface area contributed by atoms with Crippen LogP contribution >= 0.6 is 0 Å².